The van der Waals surface area contributed by atoms with E-state index < -0.39 is 0 Å². The molecule has 2 nitrogen and oxygen atoms in total. The monoisotopic (exact) mass is 273 g/mol. The SMILES string of the molecule is CCCCC1(CC)CCN(C(=O)c2ccc(C)cc2)C1. The van der Waals surface area contributed by atoms with Crippen molar-refractivity contribution < 1.29 is 4.79 Å². The van der Waals surface area contributed by atoms with E-state index in [0.717, 1.165) is 18.7 Å². The van der Waals surface area contributed by atoms with Gasteiger partial charge in [0.25, 0.3) is 5.91 Å². The second-order valence-corrected chi connectivity index (χ2v) is 6.30. The normalized spacial score (nSPS) is 22.2. The van der Waals surface area contributed by atoms with Crippen molar-refractivity contribution in [1.29, 1.82) is 0 Å². The van der Waals surface area contributed by atoms with Crippen molar-refractivity contribution in [2.24, 2.45) is 5.41 Å². The van der Waals surface area contributed by atoms with Gasteiger partial charge in [-0.15, -0.1) is 0 Å². The Morgan fingerprint density at radius 3 is 2.55 bits per heavy atom. The van der Waals surface area contributed by atoms with Gasteiger partial charge in [-0.1, -0.05) is 44.4 Å². The van der Waals surface area contributed by atoms with Crippen LogP contribution in [0.2, 0.25) is 0 Å². The summed E-state index contributed by atoms with van der Waals surface area (Å²) in [4.78, 5) is 14.6. The largest absolute Gasteiger partial charge is 0.338 e. The highest BCUT2D eigenvalue weighted by molar-refractivity contribution is 5.94. The van der Waals surface area contributed by atoms with Crippen molar-refractivity contribution in [3.05, 3.63) is 35.4 Å². The first-order valence-electron chi connectivity index (χ1n) is 7.96. The number of hydrogen-bond donors (Lipinski definition) is 0. The smallest absolute Gasteiger partial charge is 0.253 e. The maximum Gasteiger partial charge on any atom is 0.253 e. The maximum absolute atomic E-state index is 12.6. The lowest BCUT2D eigenvalue weighted by Gasteiger charge is -2.28. The quantitative estimate of drug-likeness (QED) is 0.777. The molecule has 1 heterocycles. The van der Waals surface area contributed by atoms with Gasteiger partial charge in [0.15, 0.2) is 0 Å². The molecule has 1 aliphatic heterocycles. The number of nitrogens with zero attached hydrogens (tertiary/aromatic N) is 1. The van der Waals surface area contributed by atoms with E-state index in [0.29, 0.717) is 5.41 Å². The van der Waals surface area contributed by atoms with Crippen molar-refractivity contribution in [2.75, 3.05) is 13.1 Å². The summed E-state index contributed by atoms with van der Waals surface area (Å²) >= 11 is 0. The molecular weight excluding hydrogens is 246 g/mol. The second kappa shape index (κ2) is 6.43. The van der Waals surface area contributed by atoms with Gasteiger partial charge in [0.05, 0.1) is 0 Å². The first-order chi connectivity index (χ1) is 9.60. The first kappa shape index (κ1) is 15.1. The number of aryl methyl sites for hydroxylation is 1. The van der Waals surface area contributed by atoms with E-state index in [4.69, 9.17) is 0 Å². The van der Waals surface area contributed by atoms with Crippen LogP contribution >= 0.6 is 0 Å². The third kappa shape index (κ3) is 3.23. The average molecular weight is 273 g/mol. The molecule has 1 fully saturated rings. The number of carbonyl (C=O) groups excluding carboxylic acids is 1. The highest BCUT2D eigenvalue weighted by atomic mass is 16.2. The van der Waals surface area contributed by atoms with Crippen LogP contribution in [0.1, 0.15) is 61.9 Å². The van der Waals surface area contributed by atoms with Gasteiger partial charge in [0.1, 0.15) is 0 Å². The molecule has 0 aromatic heterocycles. The fourth-order valence-electron chi connectivity index (χ4n) is 3.21. The van der Waals surface area contributed by atoms with Gasteiger partial charge < -0.3 is 4.90 Å². The van der Waals surface area contributed by atoms with Gasteiger partial charge in [0.2, 0.25) is 0 Å². The molecule has 1 aromatic carbocycles. The summed E-state index contributed by atoms with van der Waals surface area (Å²) < 4.78 is 0. The minimum absolute atomic E-state index is 0.205. The minimum atomic E-state index is 0.205. The van der Waals surface area contributed by atoms with Crippen molar-refractivity contribution in [3.63, 3.8) is 0 Å². The predicted molar refractivity (Wildman–Crippen MR) is 83.9 cm³/mol. The third-order valence-electron chi connectivity index (χ3n) is 4.83. The Labute approximate surface area is 123 Å². The number of amides is 1. The number of benzene rings is 1. The van der Waals surface area contributed by atoms with Crippen LogP contribution in [0, 0.1) is 12.3 Å². The van der Waals surface area contributed by atoms with E-state index in [1.165, 1.54) is 37.7 Å². The summed E-state index contributed by atoms with van der Waals surface area (Å²) in [5.41, 5.74) is 2.41. The van der Waals surface area contributed by atoms with Crippen LogP contribution in [-0.4, -0.2) is 23.9 Å². The zero-order chi connectivity index (χ0) is 14.6. The molecule has 1 saturated heterocycles. The van der Waals surface area contributed by atoms with Gasteiger partial charge in [-0.3, -0.25) is 4.79 Å². The topological polar surface area (TPSA) is 20.3 Å². The van der Waals surface area contributed by atoms with Crippen LogP contribution in [0.3, 0.4) is 0 Å². The highest BCUT2D eigenvalue weighted by Gasteiger charge is 2.37. The fraction of sp³-hybridized carbons (Fsp3) is 0.611. The molecule has 1 aromatic rings. The van der Waals surface area contributed by atoms with E-state index in [1.54, 1.807) is 0 Å². The van der Waals surface area contributed by atoms with E-state index in [-0.39, 0.29) is 5.91 Å². The summed E-state index contributed by atoms with van der Waals surface area (Å²) in [6, 6.07) is 7.95. The van der Waals surface area contributed by atoms with Crippen LogP contribution in [-0.2, 0) is 0 Å². The van der Waals surface area contributed by atoms with Crippen molar-refractivity contribution in [3.8, 4) is 0 Å². The molecule has 1 amide bonds. The van der Waals surface area contributed by atoms with E-state index >= 15 is 0 Å². The molecule has 0 spiro atoms. The molecule has 0 bridgehead atoms. The summed E-state index contributed by atoms with van der Waals surface area (Å²) in [5, 5.41) is 0. The summed E-state index contributed by atoms with van der Waals surface area (Å²) in [5.74, 6) is 0.205. The standard InChI is InChI=1S/C18H27NO/c1-4-6-11-18(5-2)12-13-19(14-18)17(20)16-9-7-15(3)8-10-16/h7-10H,4-6,11-14H2,1-3H3. The number of hydrogen-bond acceptors (Lipinski definition) is 1. The summed E-state index contributed by atoms with van der Waals surface area (Å²) in [6.07, 6.45) is 6.14. The maximum atomic E-state index is 12.6. The highest BCUT2D eigenvalue weighted by Crippen LogP contribution is 2.39. The number of unbranched alkanes of at least 4 members (excludes halogenated alkanes) is 1. The Bertz CT molecular complexity index is 451. The lowest BCUT2D eigenvalue weighted by Crippen LogP contribution is -2.32. The molecule has 20 heavy (non-hydrogen) atoms. The molecular formula is C18H27NO. The lowest BCUT2D eigenvalue weighted by atomic mass is 9.79. The first-order valence-corrected chi connectivity index (χ1v) is 7.96. The molecule has 1 unspecified atom stereocenters. The lowest BCUT2D eigenvalue weighted by molar-refractivity contribution is 0.0768. The molecule has 0 radical (unpaired) electrons. The van der Waals surface area contributed by atoms with Crippen LogP contribution in [0.25, 0.3) is 0 Å². The molecule has 2 heteroatoms. The van der Waals surface area contributed by atoms with Gasteiger partial charge in [-0.25, -0.2) is 0 Å². The van der Waals surface area contributed by atoms with E-state index in [2.05, 4.69) is 25.7 Å². The Balaban J connectivity index is 2.04. The van der Waals surface area contributed by atoms with E-state index in [1.807, 2.05) is 24.3 Å². The Kier molecular flexibility index (Phi) is 4.85. The fourth-order valence-corrected chi connectivity index (χ4v) is 3.21. The molecule has 1 aliphatic rings. The Morgan fingerprint density at radius 2 is 1.95 bits per heavy atom. The number of rotatable bonds is 5. The third-order valence-corrected chi connectivity index (χ3v) is 4.83. The summed E-state index contributed by atoms with van der Waals surface area (Å²) in [6.45, 7) is 8.43. The average Bonchev–Trinajstić information content (AvgIpc) is 2.90. The predicted octanol–water partition coefficient (Wildman–Crippen LogP) is 4.43. The van der Waals surface area contributed by atoms with Crippen LogP contribution in [0.4, 0.5) is 0 Å². The Morgan fingerprint density at radius 1 is 1.25 bits per heavy atom. The van der Waals surface area contributed by atoms with Crippen LogP contribution < -0.4 is 0 Å². The second-order valence-electron chi connectivity index (χ2n) is 6.30. The molecule has 0 saturated carbocycles. The molecule has 0 N–H and O–H groups in total. The molecule has 1 atom stereocenters. The molecule has 2 rings (SSSR count). The van der Waals surface area contributed by atoms with Gasteiger partial charge in [-0.05, 0) is 43.7 Å². The molecule has 0 aliphatic carbocycles. The minimum Gasteiger partial charge on any atom is -0.338 e. The van der Waals surface area contributed by atoms with E-state index in [9.17, 15) is 4.79 Å². The van der Waals surface area contributed by atoms with Gasteiger partial charge >= 0.3 is 0 Å². The molecule has 110 valence electrons. The number of likely N-dealkylation sites (tertiary alicyclic amines) is 1. The summed E-state index contributed by atoms with van der Waals surface area (Å²) in [7, 11) is 0. The van der Waals surface area contributed by atoms with Crippen LogP contribution in [0.15, 0.2) is 24.3 Å². The zero-order valence-corrected chi connectivity index (χ0v) is 13.1. The van der Waals surface area contributed by atoms with Gasteiger partial charge in [-0.2, -0.15) is 0 Å². The Hall–Kier alpha value is -1.31. The number of carbonyl (C=O) groups is 1. The van der Waals surface area contributed by atoms with Gasteiger partial charge in [0, 0.05) is 18.7 Å². The van der Waals surface area contributed by atoms with Crippen molar-refractivity contribution in [2.45, 2.75) is 52.9 Å². The van der Waals surface area contributed by atoms with Crippen molar-refractivity contribution in [1.82, 2.24) is 4.90 Å². The van der Waals surface area contributed by atoms with Crippen molar-refractivity contribution >= 4 is 5.91 Å². The zero-order valence-electron chi connectivity index (χ0n) is 13.1. The van der Waals surface area contributed by atoms with Crippen LogP contribution in [0.5, 0.6) is 0 Å².